The molecule has 0 radical (unpaired) electrons. The average Bonchev–Trinajstić information content (AvgIpc) is 2.08. The molecule has 2 unspecified atom stereocenters. The zero-order valence-electron chi connectivity index (χ0n) is 9.46. The summed E-state index contributed by atoms with van der Waals surface area (Å²) in [5.74, 6) is 0.225. The number of aliphatic hydroxyl groups is 1. The van der Waals surface area contributed by atoms with Crippen LogP contribution in [0, 0.1) is 22.7 Å². The van der Waals surface area contributed by atoms with E-state index in [0.29, 0.717) is 0 Å². The van der Waals surface area contributed by atoms with Gasteiger partial charge in [0.2, 0.25) is 0 Å². The highest BCUT2D eigenvalue weighted by molar-refractivity contribution is 5.22. The molecule has 0 aliphatic heterocycles. The molecule has 14 heavy (non-hydrogen) atoms. The van der Waals surface area contributed by atoms with E-state index in [1.54, 1.807) is 13.8 Å². The molecular weight excluding hydrogens is 174 g/mol. The van der Waals surface area contributed by atoms with Gasteiger partial charge >= 0.3 is 0 Å². The first kappa shape index (κ1) is 11.3. The number of rotatable bonds is 1. The van der Waals surface area contributed by atoms with Gasteiger partial charge in [-0.25, -0.2) is 0 Å². The molecule has 2 nitrogen and oxygen atoms in total. The Labute approximate surface area is 86.2 Å². The maximum Gasteiger partial charge on any atom is 0.0800 e. The van der Waals surface area contributed by atoms with Crippen LogP contribution in [0.25, 0.3) is 0 Å². The molecule has 0 aromatic heterocycles. The molecule has 1 N–H and O–H groups in total. The fourth-order valence-corrected chi connectivity index (χ4v) is 1.86. The van der Waals surface area contributed by atoms with E-state index in [0.717, 1.165) is 18.4 Å². The number of nitriles is 1. The SMILES string of the molecule is CC1C=C(C(C)(C)O)CCC1(C)C#N. The quantitative estimate of drug-likeness (QED) is 0.651. The molecule has 0 saturated heterocycles. The molecule has 2 heteroatoms. The maximum absolute atomic E-state index is 9.85. The van der Waals surface area contributed by atoms with Gasteiger partial charge in [-0.3, -0.25) is 0 Å². The highest BCUT2D eigenvalue weighted by Crippen LogP contribution is 2.41. The van der Waals surface area contributed by atoms with Gasteiger partial charge in [-0.1, -0.05) is 13.0 Å². The molecule has 0 bridgehead atoms. The fraction of sp³-hybridized carbons (Fsp3) is 0.750. The Morgan fingerprint density at radius 3 is 2.57 bits per heavy atom. The van der Waals surface area contributed by atoms with E-state index in [9.17, 15) is 5.11 Å². The minimum absolute atomic E-state index is 0.225. The number of hydrogen-bond acceptors (Lipinski definition) is 2. The van der Waals surface area contributed by atoms with Gasteiger partial charge in [0.05, 0.1) is 17.1 Å². The van der Waals surface area contributed by atoms with Crippen LogP contribution in [0.15, 0.2) is 11.6 Å². The Bertz CT molecular complexity index is 292. The number of nitrogens with zero attached hydrogens (tertiary/aromatic N) is 1. The summed E-state index contributed by atoms with van der Waals surface area (Å²) in [5, 5.41) is 18.9. The minimum atomic E-state index is -0.731. The Balaban J connectivity index is 2.93. The van der Waals surface area contributed by atoms with Crippen LogP contribution in [0.2, 0.25) is 0 Å². The van der Waals surface area contributed by atoms with Crippen molar-refractivity contribution in [3.05, 3.63) is 11.6 Å². The molecule has 0 aromatic carbocycles. The van der Waals surface area contributed by atoms with Crippen LogP contribution < -0.4 is 0 Å². The van der Waals surface area contributed by atoms with Crippen LogP contribution in [0.1, 0.15) is 40.5 Å². The van der Waals surface area contributed by atoms with Crippen molar-refractivity contribution >= 4 is 0 Å². The molecule has 1 aliphatic carbocycles. The average molecular weight is 193 g/mol. The first-order valence-corrected chi connectivity index (χ1v) is 5.14. The van der Waals surface area contributed by atoms with Gasteiger partial charge in [-0.05, 0) is 45.1 Å². The molecule has 78 valence electrons. The lowest BCUT2D eigenvalue weighted by Crippen LogP contribution is -2.32. The largest absolute Gasteiger partial charge is 0.386 e. The van der Waals surface area contributed by atoms with E-state index in [-0.39, 0.29) is 11.3 Å². The standard InChI is InChI=1S/C12H19NO/c1-9-7-10(11(2,3)14)5-6-12(9,4)8-13/h7,9,14H,5-6H2,1-4H3. The van der Waals surface area contributed by atoms with Gasteiger partial charge in [0, 0.05) is 0 Å². The molecule has 0 spiro atoms. The van der Waals surface area contributed by atoms with E-state index < -0.39 is 5.60 Å². The van der Waals surface area contributed by atoms with Crippen molar-refractivity contribution in [2.24, 2.45) is 11.3 Å². The van der Waals surface area contributed by atoms with Crippen molar-refractivity contribution in [2.75, 3.05) is 0 Å². The van der Waals surface area contributed by atoms with Gasteiger partial charge in [-0.15, -0.1) is 0 Å². The lowest BCUT2D eigenvalue weighted by Gasteiger charge is -2.35. The minimum Gasteiger partial charge on any atom is -0.386 e. The molecule has 1 aliphatic rings. The van der Waals surface area contributed by atoms with Crippen molar-refractivity contribution in [1.29, 1.82) is 5.26 Å². The second-order valence-electron chi connectivity index (χ2n) is 5.07. The van der Waals surface area contributed by atoms with E-state index in [4.69, 9.17) is 5.26 Å². The predicted octanol–water partition coefficient (Wildman–Crippen LogP) is 2.64. The van der Waals surface area contributed by atoms with E-state index in [1.165, 1.54) is 0 Å². The van der Waals surface area contributed by atoms with Gasteiger partial charge in [0.1, 0.15) is 0 Å². The van der Waals surface area contributed by atoms with Gasteiger partial charge in [0.25, 0.3) is 0 Å². The van der Waals surface area contributed by atoms with Crippen molar-refractivity contribution in [2.45, 2.75) is 46.1 Å². The van der Waals surface area contributed by atoms with Gasteiger partial charge in [0.15, 0.2) is 0 Å². The van der Waals surface area contributed by atoms with Crippen molar-refractivity contribution < 1.29 is 5.11 Å². The van der Waals surface area contributed by atoms with Crippen LogP contribution in [-0.4, -0.2) is 10.7 Å². The third-order valence-electron chi connectivity index (χ3n) is 3.41. The van der Waals surface area contributed by atoms with Crippen LogP contribution in [-0.2, 0) is 0 Å². The molecule has 0 saturated carbocycles. The molecular formula is C12H19NO. The second-order valence-corrected chi connectivity index (χ2v) is 5.07. The summed E-state index contributed by atoms with van der Waals surface area (Å²) >= 11 is 0. The molecule has 0 aromatic rings. The van der Waals surface area contributed by atoms with Crippen molar-refractivity contribution in [3.63, 3.8) is 0 Å². The van der Waals surface area contributed by atoms with Gasteiger partial charge < -0.3 is 5.11 Å². The first-order chi connectivity index (χ1) is 6.29. The Morgan fingerprint density at radius 1 is 1.64 bits per heavy atom. The van der Waals surface area contributed by atoms with Crippen molar-refractivity contribution in [1.82, 2.24) is 0 Å². The van der Waals surface area contributed by atoms with E-state index in [2.05, 4.69) is 12.1 Å². The summed E-state index contributed by atoms with van der Waals surface area (Å²) in [6.45, 7) is 7.66. The monoisotopic (exact) mass is 193 g/mol. The Hall–Kier alpha value is -0.810. The lowest BCUT2D eigenvalue weighted by atomic mass is 9.68. The van der Waals surface area contributed by atoms with Crippen LogP contribution in [0.3, 0.4) is 0 Å². The number of hydrogen-bond donors (Lipinski definition) is 1. The highest BCUT2D eigenvalue weighted by atomic mass is 16.3. The van der Waals surface area contributed by atoms with Crippen LogP contribution in [0.5, 0.6) is 0 Å². The highest BCUT2D eigenvalue weighted by Gasteiger charge is 2.36. The molecule has 0 fully saturated rings. The van der Waals surface area contributed by atoms with E-state index in [1.807, 2.05) is 13.8 Å². The normalized spacial score (nSPS) is 33.4. The third kappa shape index (κ3) is 1.99. The molecule has 0 amide bonds. The van der Waals surface area contributed by atoms with Gasteiger partial charge in [-0.2, -0.15) is 5.26 Å². The zero-order valence-corrected chi connectivity index (χ0v) is 9.46. The van der Waals surface area contributed by atoms with E-state index >= 15 is 0 Å². The predicted molar refractivity (Wildman–Crippen MR) is 56.5 cm³/mol. The Kier molecular flexibility index (Phi) is 2.74. The molecule has 1 rings (SSSR count). The van der Waals surface area contributed by atoms with Crippen LogP contribution in [0.4, 0.5) is 0 Å². The first-order valence-electron chi connectivity index (χ1n) is 5.14. The summed E-state index contributed by atoms with van der Waals surface area (Å²) in [5.41, 5.74) is 0.0810. The molecule has 2 atom stereocenters. The second kappa shape index (κ2) is 3.40. The lowest BCUT2D eigenvalue weighted by molar-refractivity contribution is 0.107. The van der Waals surface area contributed by atoms with Crippen LogP contribution >= 0.6 is 0 Å². The summed E-state index contributed by atoms with van der Waals surface area (Å²) in [6.07, 6.45) is 3.74. The summed E-state index contributed by atoms with van der Waals surface area (Å²) in [4.78, 5) is 0. The fourth-order valence-electron chi connectivity index (χ4n) is 1.86. The Morgan fingerprint density at radius 2 is 2.21 bits per heavy atom. The topological polar surface area (TPSA) is 44.0 Å². The maximum atomic E-state index is 9.85. The van der Waals surface area contributed by atoms with Crippen molar-refractivity contribution in [3.8, 4) is 6.07 Å². The summed E-state index contributed by atoms with van der Waals surface area (Å²) < 4.78 is 0. The zero-order chi connectivity index (χ0) is 11.0. The summed E-state index contributed by atoms with van der Waals surface area (Å²) in [6, 6.07) is 2.38. The number of allylic oxidation sites excluding steroid dienone is 1. The smallest absolute Gasteiger partial charge is 0.0800 e. The third-order valence-corrected chi connectivity index (χ3v) is 3.41. The summed E-state index contributed by atoms with van der Waals surface area (Å²) in [7, 11) is 0. The molecule has 0 heterocycles.